The highest BCUT2D eigenvalue weighted by Gasteiger charge is 2.14. The molecule has 0 aliphatic rings. The molecule has 0 saturated heterocycles. The number of hydrogen-bond donors (Lipinski definition) is 2. The summed E-state index contributed by atoms with van der Waals surface area (Å²) in [5, 5.41) is 0. The highest BCUT2D eigenvalue weighted by molar-refractivity contribution is 7.89. The first-order valence-corrected chi connectivity index (χ1v) is 7.93. The van der Waals surface area contributed by atoms with Gasteiger partial charge in [-0.25, -0.2) is 13.1 Å². The smallest absolute Gasteiger partial charge is 0.240 e. The molecule has 0 saturated carbocycles. The fourth-order valence-corrected chi connectivity index (χ4v) is 2.86. The zero-order valence-corrected chi connectivity index (χ0v) is 12.6. The third-order valence-corrected chi connectivity index (χ3v) is 4.70. The summed E-state index contributed by atoms with van der Waals surface area (Å²) in [5.41, 5.74) is 6.53. The first-order valence-electron chi connectivity index (χ1n) is 6.45. The van der Waals surface area contributed by atoms with Crippen LogP contribution in [0, 0.1) is 0 Å². The third-order valence-electron chi connectivity index (χ3n) is 3.13. The van der Waals surface area contributed by atoms with Crippen LogP contribution in [0.3, 0.4) is 0 Å². The van der Waals surface area contributed by atoms with Crippen molar-refractivity contribution in [2.45, 2.75) is 31.2 Å². The minimum absolute atomic E-state index is 0.290. The van der Waals surface area contributed by atoms with Gasteiger partial charge in [-0.1, -0.05) is 6.92 Å². The molecule has 0 aromatic heterocycles. The maximum atomic E-state index is 11.8. The summed E-state index contributed by atoms with van der Waals surface area (Å²) < 4.78 is 26.1. The quantitative estimate of drug-likeness (QED) is 0.788. The van der Waals surface area contributed by atoms with E-state index in [0.29, 0.717) is 19.1 Å². The molecular formula is C13H23N3O2S. The fraction of sp³-hybridized carbons (Fsp3) is 0.538. The van der Waals surface area contributed by atoms with E-state index in [1.807, 2.05) is 19.2 Å². The Balaban J connectivity index is 2.87. The largest absolute Gasteiger partial charge is 0.372 e. The Hall–Kier alpha value is -1.11. The van der Waals surface area contributed by atoms with E-state index >= 15 is 0 Å². The predicted molar refractivity (Wildman–Crippen MR) is 78.8 cm³/mol. The highest BCUT2D eigenvalue weighted by atomic mass is 32.2. The van der Waals surface area contributed by atoms with Crippen molar-refractivity contribution in [2.75, 3.05) is 25.0 Å². The van der Waals surface area contributed by atoms with Crippen molar-refractivity contribution in [3.63, 3.8) is 0 Å². The van der Waals surface area contributed by atoms with E-state index in [1.54, 1.807) is 19.1 Å². The van der Waals surface area contributed by atoms with E-state index in [-0.39, 0.29) is 4.90 Å². The molecule has 0 radical (unpaired) electrons. The van der Waals surface area contributed by atoms with Gasteiger partial charge in [0.1, 0.15) is 0 Å². The molecule has 108 valence electrons. The van der Waals surface area contributed by atoms with E-state index in [1.165, 1.54) is 0 Å². The van der Waals surface area contributed by atoms with Crippen molar-refractivity contribution in [1.82, 2.24) is 4.72 Å². The van der Waals surface area contributed by atoms with Gasteiger partial charge in [0.2, 0.25) is 10.0 Å². The van der Waals surface area contributed by atoms with Gasteiger partial charge in [-0.3, -0.25) is 0 Å². The maximum Gasteiger partial charge on any atom is 0.240 e. The molecule has 0 fully saturated rings. The van der Waals surface area contributed by atoms with Crippen molar-refractivity contribution in [1.29, 1.82) is 0 Å². The van der Waals surface area contributed by atoms with Crippen LogP contribution in [0.15, 0.2) is 29.2 Å². The Morgan fingerprint density at radius 1 is 1.32 bits per heavy atom. The maximum absolute atomic E-state index is 11.8. The van der Waals surface area contributed by atoms with E-state index in [2.05, 4.69) is 16.5 Å². The van der Waals surface area contributed by atoms with Crippen molar-refractivity contribution in [2.24, 2.45) is 5.73 Å². The fourth-order valence-electron chi connectivity index (χ4n) is 1.82. The molecule has 0 aliphatic heterocycles. The zero-order chi connectivity index (χ0) is 14.5. The van der Waals surface area contributed by atoms with Gasteiger partial charge in [-0.05, 0) is 44.2 Å². The molecule has 1 rings (SSSR count). The number of hydrogen-bond acceptors (Lipinski definition) is 4. The normalized spacial score (nSPS) is 13.3. The molecule has 0 spiro atoms. The van der Waals surface area contributed by atoms with Crippen LogP contribution >= 0.6 is 0 Å². The monoisotopic (exact) mass is 285 g/mol. The van der Waals surface area contributed by atoms with Gasteiger partial charge in [0.05, 0.1) is 4.90 Å². The van der Waals surface area contributed by atoms with Gasteiger partial charge in [0.25, 0.3) is 0 Å². The summed E-state index contributed by atoms with van der Waals surface area (Å²) in [7, 11) is -1.39. The summed E-state index contributed by atoms with van der Waals surface area (Å²) >= 11 is 0. The minimum atomic E-state index is -3.37. The molecule has 0 bridgehead atoms. The lowest BCUT2D eigenvalue weighted by Crippen LogP contribution is -2.30. The average Bonchev–Trinajstić information content (AvgIpc) is 2.38. The van der Waals surface area contributed by atoms with Crippen molar-refractivity contribution in [3.8, 4) is 0 Å². The van der Waals surface area contributed by atoms with E-state index in [9.17, 15) is 8.42 Å². The standard InChI is InChI=1S/C13H23N3O2S/c1-4-15-19(17,18)13-7-5-12(6-8-13)16(3)11(2)9-10-14/h5-8,11,15H,4,9-10,14H2,1-3H3. The lowest BCUT2D eigenvalue weighted by Gasteiger charge is -2.26. The van der Waals surface area contributed by atoms with Gasteiger partial charge in [0.15, 0.2) is 0 Å². The SMILES string of the molecule is CCNS(=O)(=O)c1ccc(N(C)C(C)CCN)cc1. The molecule has 0 amide bonds. The second-order valence-corrected chi connectivity index (χ2v) is 6.30. The Morgan fingerprint density at radius 3 is 2.37 bits per heavy atom. The van der Waals surface area contributed by atoms with Gasteiger partial charge in [-0.15, -0.1) is 0 Å². The topological polar surface area (TPSA) is 75.4 Å². The molecule has 1 atom stereocenters. The molecule has 1 unspecified atom stereocenters. The minimum Gasteiger partial charge on any atom is -0.372 e. The van der Waals surface area contributed by atoms with Crippen LogP contribution in [-0.2, 0) is 10.0 Å². The van der Waals surface area contributed by atoms with Gasteiger partial charge >= 0.3 is 0 Å². The van der Waals surface area contributed by atoms with Crippen molar-refractivity contribution < 1.29 is 8.42 Å². The Morgan fingerprint density at radius 2 is 1.89 bits per heavy atom. The first-order chi connectivity index (χ1) is 8.92. The molecule has 1 aromatic carbocycles. The van der Waals surface area contributed by atoms with Crippen LogP contribution in [0.4, 0.5) is 5.69 Å². The third kappa shape index (κ3) is 4.19. The van der Waals surface area contributed by atoms with Crippen LogP contribution in [0.1, 0.15) is 20.3 Å². The van der Waals surface area contributed by atoms with E-state index in [4.69, 9.17) is 5.73 Å². The molecule has 1 aromatic rings. The molecule has 19 heavy (non-hydrogen) atoms. The summed E-state index contributed by atoms with van der Waals surface area (Å²) in [5.74, 6) is 0. The summed E-state index contributed by atoms with van der Waals surface area (Å²) in [6, 6.07) is 7.20. The van der Waals surface area contributed by atoms with Gasteiger partial charge in [-0.2, -0.15) is 0 Å². The molecule has 5 nitrogen and oxygen atoms in total. The highest BCUT2D eigenvalue weighted by Crippen LogP contribution is 2.19. The molecule has 3 N–H and O–H groups in total. The number of nitrogens with two attached hydrogens (primary N) is 1. The number of nitrogens with zero attached hydrogens (tertiary/aromatic N) is 1. The van der Waals surface area contributed by atoms with Crippen LogP contribution in [0.25, 0.3) is 0 Å². The van der Waals surface area contributed by atoms with Gasteiger partial charge in [0, 0.05) is 25.3 Å². The van der Waals surface area contributed by atoms with Crippen LogP contribution in [0.5, 0.6) is 0 Å². The second kappa shape index (κ2) is 6.88. The van der Waals surface area contributed by atoms with Crippen LogP contribution in [-0.4, -0.2) is 34.6 Å². The molecule has 6 heteroatoms. The summed E-state index contributed by atoms with van der Waals surface area (Å²) in [6.45, 7) is 4.88. The Bertz CT molecular complexity index is 485. The van der Waals surface area contributed by atoms with Crippen molar-refractivity contribution in [3.05, 3.63) is 24.3 Å². The molecular weight excluding hydrogens is 262 g/mol. The van der Waals surface area contributed by atoms with Gasteiger partial charge < -0.3 is 10.6 Å². The average molecular weight is 285 g/mol. The zero-order valence-electron chi connectivity index (χ0n) is 11.8. The molecule has 0 aliphatic carbocycles. The number of sulfonamides is 1. The van der Waals surface area contributed by atoms with Crippen LogP contribution < -0.4 is 15.4 Å². The lowest BCUT2D eigenvalue weighted by atomic mass is 10.2. The van der Waals surface area contributed by atoms with Crippen molar-refractivity contribution >= 4 is 15.7 Å². The number of benzene rings is 1. The van der Waals surface area contributed by atoms with Crippen LogP contribution in [0.2, 0.25) is 0 Å². The number of anilines is 1. The van der Waals surface area contributed by atoms with E-state index in [0.717, 1.165) is 12.1 Å². The number of rotatable bonds is 7. The number of nitrogens with one attached hydrogen (secondary N) is 1. The predicted octanol–water partition coefficient (Wildman–Crippen LogP) is 1.16. The molecule has 0 heterocycles. The summed E-state index contributed by atoms with van der Waals surface area (Å²) in [4.78, 5) is 2.38. The Kier molecular flexibility index (Phi) is 5.78. The lowest BCUT2D eigenvalue weighted by molar-refractivity contribution is 0.584. The first kappa shape index (κ1) is 15.9. The second-order valence-electron chi connectivity index (χ2n) is 4.53. The Labute approximate surface area is 115 Å². The van der Waals surface area contributed by atoms with E-state index < -0.39 is 10.0 Å². The summed E-state index contributed by atoms with van der Waals surface area (Å²) in [6.07, 6.45) is 0.897.